The van der Waals surface area contributed by atoms with E-state index in [1.807, 2.05) is 17.0 Å². The van der Waals surface area contributed by atoms with E-state index in [2.05, 4.69) is 11.4 Å². The number of benzene rings is 1. The number of carbonyl (C=O) groups excluding carboxylic acids is 1. The minimum absolute atomic E-state index is 0.158. The summed E-state index contributed by atoms with van der Waals surface area (Å²) in [6.07, 6.45) is 4.87. The molecule has 1 fully saturated rings. The van der Waals surface area contributed by atoms with Crippen molar-refractivity contribution in [3.63, 3.8) is 0 Å². The average molecular weight is 288 g/mol. The summed E-state index contributed by atoms with van der Waals surface area (Å²) in [6, 6.07) is 6.27. The normalized spacial score (nSPS) is 22.0. The first kappa shape index (κ1) is 14.5. The van der Waals surface area contributed by atoms with E-state index in [0.29, 0.717) is 6.42 Å². The van der Waals surface area contributed by atoms with Crippen LogP contribution in [-0.4, -0.2) is 41.7 Å². The Bertz CT molecular complexity index is 514. The molecule has 1 aromatic rings. The lowest BCUT2D eigenvalue weighted by molar-refractivity contribution is 0.0573. The summed E-state index contributed by atoms with van der Waals surface area (Å²) >= 11 is 0. The molecule has 1 unspecified atom stereocenters. The molecule has 114 valence electrons. The highest BCUT2D eigenvalue weighted by atomic mass is 16.3. The molecule has 2 aliphatic heterocycles. The topological polar surface area (TPSA) is 52.6 Å². The van der Waals surface area contributed by atoms with E-state index in [0.717, 1.165) is 50.9 Å². The Hall–Kier alpha value is -1.39. The van der Waals surface area contributed by atoms with Crippen LogP contribution in [0.4, 0.5) is 0 Å². The van der Waals surface area contributed by atoms with Gasteiger partial charge in [0.15, 0.2) is 0 Å². The zero-order chi connectivity index (χ0) is 14.7. The molecular formula is C17H24N2O2. The molecule has 4 heteroatoms. The summed E-state index contributed by atoms with van der Waals surface area (Å²) in [5.41, 5.74) is 3.34. The van der Waals surface area contributed by atoms with Gasteiger partial charge in [-0.05, 0) is 55.8 Å². The number of nitrogens with one attached hydrogen (secondary N) is 1. The van der Waals surface area contributed by atoms with Crippen molar-refractivity contribution in [3.05, 3.63) is 34.9 Å². The minimum Gasteiger partial charge on any atom is -0.396 e. The first-order valence-electron chi connectivity index (χ1n) is 8.04. The first-order chi connectivity index (χ1) is 10.3. The van der Waals surface area contributed by atoms with Gasteiger partial charge < -0.3 is 15.3 Å². The number of aliphatic hydroxyl groups excluding tert-OH is 1. The van der Waals surface area contributed by atoms with Crippen molar-refractivity contribution in [3.8, 4) is 0 Å². The predicted molar refractivity (Wildman–Crippen MR) is 82.2 cm³/mol. The maximum Gasteiger partial charge on any atom is 0.254 e. The summed E-state index contributed by atoms with van der Waals surface area (Å²) in [7, 11) is 0. The maximum absolute atomic E-state index is 13.0. The summed E-state index contributed by atoms with van der Waals surface area (Å²) in [4.78, 5) is 15.0. The molecule has 1 atom stereocenters. The molecule has 1 amide bonds. The fourth-order valence-electron chi connectivity index (χ4n) is 3.60. The fraction of sp³-hybridized carbons (Fsp3) is 0.588. The van der Waals surface area contributed by atoms with Crippen LogP contribution in [0.2, 0.25) is 0 Å². The van der Waals surface area contributed by atoms with Gasteiger partial charge in [-0.1, -0.05) is 12.1 Å². The number of likely N-dealkylation sites (tertiary alicyclic amines) is 1. The van der Waals surface area contributed by atoms with Crippen LogP contribution in [0.15, 0.2) is 18.2 Å². The van der Waals surface area contributed by atoms with Gasteiger partial charge in [0.25, 0.3) is 5.91 Å². The highest BCUT2D eigenvalue weighted by molar-refractivity contribution is 5.96. The van der Waals surface area contributed by atoms with Crippen LogP contribution in [0, 0.1) is 0 Å². The molecule has 0 saturated carbocycles. The van der Waals surface area contributed by atoms with Gasteiger partial charge in [0.1, 0.15) is 0 Å². The van der Waals surface area contributed by atoms with Crippen LogP contribution in [-0.2, 0) is 13.0 Å². The molecule has 0 spiro atoms. The van der Waals surface area contributed by atoms with Crippen LogP contribution in [0.5, 0.6) is 0 Å². The first-order valence-corrected chi connectivity index (χ1v) is 8.04. The second kappa shape index (κ2) is 6.58. The zero-order valence-corrected chi connectivity index (χ0v) is 12.5. The number of aliphatic hydroxyl groups is 1. The quantitative estimate of drug-likeness (QED) is 0.890. The average Bonchev–Trinajstić information content (AvgIpc) is 2.54. The lowest BCUT2D eigenvalue weighted by Gasteiger charge is -2.36. The Morgan fingerprint density at radius 2 is 2.29 bits per heavy atom. The Labute approximate surface area is 126 Å². The van der Waals surface area contributed by atoms with E-state index in [1.54, 1.807) is 0 Å². The minimum atomic E-state index is 0.158. The molecule has 2 heterocycles. The van der Waals surface area contributed by atoms with Crippen LogP contribution >= 0.6 is 0 Å². The van der Waals surface area contributed by atoms with Crippen LogP contribution in [0.25, 0.3) is 0 Å². The Kier molecular flexibility index (Phi) is 4.56. The molecule has 3 rings (SSSR count). The van der Waals surface area contributed by atoms with E-state index < -0.39 is 0 Å². The summed E-state index contributed by atoms with van der Waals surface area (Å²) < 4.78 is 0. The number of amides is 1. The third kappa shape index (κ3) is 2.97. The molecule has 0 aromatic heterocycles. The number of carbonyl (C=O) groups is 1. The third-order valence-corrected chi connectivity index (χ3v) is 4.72. The smallest absolute Gasteiger partial charge is 0.254 e. The van der Waals surface area contributed by atoms with Crippen LogP contribution < -0.4 is 5.32 Å². The summed E-state index contributed by atoms with van der Waals surface area (Å²) in [5, 5.41) is 12.6. The molecule has 2 N–H and O–H groups in total. The van der Waals surface area contributed by atoms with Gasteiger partial charge in [-0.3, -0.25) is 4.79 Å². The van der Waals surface area contributed by atoms with Crippen molar-refractivity contribution in [2.24, 2.45) is 0 Å². The number of hydrogen-bond donors (Lipinski definition) is 2. The number of nitrogens with zero attached hydrogens (tertiary/aromatic N) is 1. The largest absolute Gasteiger partial charge is 0.396 e. The lowest BCUT2D eigenvalue weighted by Crippen LogP contribution is -2.44. The predicted octanol–water partition coefficient (Wildman–Crippen LogP) is 1.71. The molecule has 0 bridgehead atoms. The fourth-order valence-corrected chi connectivity index (χ4v) is 3.60. The van der Waals surface area contributed by atoms with E-state index in [4.69, 9.17) is 0 Å². The van der Waals surface area contributed by atoms with Gasteiger partial charge in [0.2, 0.25) is 0 Å². The number of rotatable bonds is 3. The van der Waals surface area contributed by atoms with E-state index in [-0.39, 0.29) is 18.6 Å². The molecular weight excluding hydrogens is 264 g/mol. The van der Waals surface area contributed by atoms with Crippen molar-refractivity contribution < 1.29 is 9.90 Å². The third-order valence-electron chi connectivity index (χ3n) is 4.72. The summed E-state index contributed by atoms with van der Waals surface area (Å²) in [6.45, 7) is 2.78. The monoisotopic (exact) mass is 288 g/mol. The van der Waals surface area contributed by atoms with Crippen molar-refractivity contribution in [1.29, 1.82) is 0 Å². The Morgan fingerprint density at radius 3 is 3.14 bits per heavy atom. The van der Waals surface area contributed by atoms with Gasteiger partial charge in [0, 0.05) is 31.3 Å². The lowest BCUT2D eigenvalue weighted by atomic mass is 9.92. The van der Waals surface area contributed by atoms with Gasteiger partial charge in [-0.2, -0.15) is 0 Å². The number of fused-ring (bicyclic) bond motifs is 1. The highest BCUT2D eigenvalue weighted by Gasteiger charge is 2.29. The number of piperidine rings is 1. The molecule has 1 aromatic carbocycles. The zero-order valence-electron chi connectivity index (χ0n) is 12.5. The van der Waals surface area contributed by atoms with Crippen LogP contribution in [0.3, 0.4) is 0 Å². The molecule has 21 heavy (non-hydrogen) atoms. The second-order valence-corrected chi connectivity index (χ2v) is 6.03. The van der Waals surface area contributed by atoms with E-state index in [9.17, 15) is 9.90 Å². The highest BCUT2D eigenvalue weighted by Crippen LogP contribution is 2.25. The molecule has 2 aliphatic rings. The van der Waals surface area contributed by atoms with Crippen molar-refractivity contribution >= 4 is 5.91 Å². The van der Waals surface area contributed by atoms with Gasteiger partial charge >= 0.3 is 0 Å². The molecule has 4 nitrogen and oxygen atoms in total. The van der Waals surface area contributed by atoms with E-state index in [1.165, 1.54) is 11.1 Å². The molecule has 0 aliphatic carbocycles. The summed E-state index contributed by atoms with van der Waals surface area (Å²) in [5.74, 6) is 0.159. The SMILES string of the molecule is O=C(c1cccc2c1CCNC2)N1CCCCC1CCO. The van der Waals surface area contributed by atoms with Crippen molar-refractivity contribution in [2.75, 3.05) is 19.7 Å². The maximum atomic E-state index is 13.0. The van der Waals surface area contributed by atoms with Crippen LogP contribution in [0.1, 0.15) is 47.2 Å². The van der Waals surface area contributed by atoms with Crippen molar-refractivity contribution in [2.45, 2.75) is 44.7 Å². The Balaban J connectivity index is 1.87. The molecule has 1 saturated heterocycles. The number of hydrogen-bond acceptors (Lipinski definition) is 3. The van der Waals surface area contributed by atoms with E-state index >= 15 is 0 Å². The van der Waals surface area contributed by atoms with Gasteiger partial charge in [-0.25, -0.2) is 0 Å². The molecule has 0 radical (unpaired) electrons. The standard InChI is InChI=1S/C17H24N2O2/c20-11-8-14-5-1-2-10-19(14)17(21)16-6-3-4-13-12-18-9-7-15(13)16/h3-4,6,14,18,20H,1-2,5,7-12H2. The van der Waals surface area contributed by atoms with Gasteiger partial charge in [-0.15, -0.1) is 0 Å². The Morgan fingerprint density at radius 1 is 1.38 bits per heavy atom. The van der Waals surface area contributed by atoms with Gasteiger partial charge in [0.05, 0.1) is 0 Å². The van der Waals surface area contributed by atoms with Crippen molar-refractivity contribution in [1.82, 2.24) is 10.2 Å². The second-order valence-electron chi connectivity index (χ2n) is 6.03.